The minimum atomic E-state index is -0.232. The predicted octanol–water partition coefficient (Wildman–Crippen LogP) is 5.82. The lowest BCUT2D eigenvalue weighted by Crippen LogP contribution is -2.06. The summed E-state index contributed by atoms with van der Waals surface area (Å²) in [7, 11) is 1.60. The molecule has 1 saturated carbocycles. The van der Waals surface area contributed by atoms with E-state index in [-0.39, 0.29) is 12.4 Å². The molecule has 0 unspecified atom stereocenters. The minimum Gasteiger partial charge on any atom is -0.497 e. The predicted molar refractivity (Wildman–Crippen MR) is 99.4 cm³/mol. The van der Waals surface area contributed by atoms with Gasteiger partial charge in [0.1, 0.15) is 11.6 Å². The summed E-state index contributed by atoms with van der Waals surface area (Å²) in [6.07, 6.45) is 8.57. The van der Waals surface area contributed by atoms with Crippen molar-refractivity contribution in [1.29, 1.82) is 0 Å². The molecule has 0 saturated heterocycles. The molecular weight excluding hydrogens is 315 g/mol. The lowest BCUT2D eigenvalue weighted by molar-refractivity contribution is 0.281. The Labute approximate surface area is 149 Å². The van der Waals surface area contributed by atoms with E-state index in [0.717, 1.165) is 24.0 Å². The summed E-state index contributed by atoms with van der Waals surface area (Å²) in [6.45, 7) is 0.0145. The summed E-state index contributed by atoms with van der Waals surface area (Å²) < 4.78 is 19.9. The van der Waals surface area contributed by atoms with Crippen molar-refractivity contribution >= 4 is 0 Å². The number of benzene rings is 2. The normalized spacial score (nSPS) is 16.3. The highest BCUT2D eigenvalue weighted by molar-refractivity contribution is 5.70. The van der Waals surface area contributed by atoms with Crippen LogP contribution < -0.4 is 4.74 Å². The number of halogens is 1. The maximum absolute atomic E-state index is 14.6. The van der Waals surface area contributed by atoms with Crippen LogP contribution in [0.2, 0.25) is 0 Å². The summed E-state index contributed by atoms with van der Waals surface area (Å²) in [5, 5.41) is 9.57. The highest BCUT2D eigenvalue weighted by Gasteiger charge is 2.20. The maximum Gasteiger partial charge on any atom is 0.131 e. The molecule has 1 fully saturated rings. The molecule has 134 valence electrons. The number of aliphatic hydroxyl groups excluding tert-OH is 1. The summed E-state index contributed by atoms with van der Waals surface area (Å²) in [5.74, 6) is 0.850. The number of hydrogen-bond donors (Lipinski definition) is 1. The summed E-state index contributed by atoms with van der Waals surface area (Å²) >= 11 is 0. The van der Waals surface area contributed by atoms with Gasteiger partial charge in [0.05, 0.1) is 13.7 Å². The van der Waals surface area contributed by atoms with Gasteiger partial charge in [-0.15, -0.1) is 0 Å². The molecule has 2 nitrogen and oxygen atoms in total. The number of aliphatic hydroxyl groups is 1. The first kappa shape index (κ1) is 17.9. The molecule has 1 N–H and O–H groups in total. The second kappa shape index (κ2) is 8.48. The van der Waals surface area contributed by atoms with Crippen LogP contribution in [0.1, 0.15) is 62.0 Å². The minimum absolute atomic E-state index is 0.0145. The van der Waals surface area contributed by atoms with Crippen molar-refractivity contribution < 1.29 is 14.2 Å². The summed E-state index contributed by atoms with van der Waals surface area (Å²) in [4.78, 5) is 0. The second-order valence-corrected chi connectivity index (χ2v) is 6.97. The van der Waals surface area contributed by atoms with Gasteiger partial charge in [0, 0.05) is 5.56 Å². The van der Waals surface area contributed by atoms with Gasteiger partial charge >= 0.3 is 0 Å². The third-order valence-corrected chi connectivity index (χ3v) is 5.31. The molecule has 2 aromatic rings. The zero-order chi connectivity index (χ0) is 17.6. The molecule has 0 bridgehead atoms. The first-order valence-corrected chi connectivity index (χ1v) is 9.30. The molecule has 0 heterocycles. The van der Waals surface area contributed by atoms with E-state index < -0.39 is 0 Å². The summed E-state index contributed by atoms with van der Waals surface area (Å²) in [5.41, 5.74) is 3.57. The fraction of sp³-hybridized carbons (Fsp3) is 0.455. The van der Waals surface area contributed by atoms with E-state index in [0.29, 0.717) is 17.2 Å². The Bertz CT molecular complexity index is 703. The van der Waals surface area contributed by atoms with E-state index in [4.69, 9.17) is 4.74 Å². The van der Waals surface area contributed by atoms with Crippen LogP contribution in [-0.2, 0) is 6.61 Å². The molecule has 0 aliphatic heterocycles. The molecule has 2 aromatic carbocycles. The first-order valence-electron chi connectivity index (χ1n) is 9.30. The van der Waals surface area contributed by atoms with E-state index in [1.165, 1.54) is 43.7 Å². The Morgan fingerprint density at radius 2 is 1.68 bits per heavy atom. The van der Waals surface area contributed by atoms with Crippen LogP contribution in [0.15, 0.2) is 36.4 Å². The van der Waals surface area contributed by atoms with Crippen LogP contribution in [0.3, 0.4) is 0 Å². The van der Waals surface area contributed by atoms with Gasteiger partial charge in [-0.05, 0) is 53.6 Å². The topological polar surface area (TPSA) is 29.5 Å². The molecule has 0 amide bonds. The van der Waals surface area contributed by atoms with Gasteiger partial charge in [-0.1, -0.05) is 50.3 Å². The third-order valence-electron chi connectivity index (χ3n) is 5.31. The molecular formula is C22H27FO2. The van der Waals surface area contributed by atoms with Gasteiger partial charge in [-0.2, -0.15) is 0 Å². The van der Waals surface area contributed by atoms with Crippen LogP contribution in [0.5, 0.6) is 5.75 Å². The largest absolute Gasteiger partial charge is 0.497 e. The van der Waals surface area contributed by atoms with Crippen LogP contribution >= 0.6 is 0 Å². The molecule has 3 rings (SSSR count). The monoisotopic (exact) mass is 342 g/mol. The van der Waals surface area contributed by atoms with Gasteiger partial charge < -0.3 is 9.84 Å². The molecule has 0 radical (unpaired) electrons. The van der Waals surface area contributed by atoms with Crippen molar-refractivity contribution in [3.63, 3.8) is 0 Å². The van der Waals surface area contributed by atoms with Crippen LogP contribution in [-0.4, -0.2) is 12.2 Å². The maximum atomic E-state index is 14.6. The summed E-state index contributed by atoms with van der Waals surface area (Å²) in [6, 6.07) is 10.8. The van der Waals surface area contributed by atoms with Gasteiger partial charge in [-0.25, -0.2) is 4.39 Å². The SMILES string of the molecule is COc1ccc(F)c(-c2ccc(CO)cc2C2CCCCCCC2)c1. The van der Waals surface area contributed by atoms with E-state index >= 15 is 0 Å². The molecule has 0 atom stereocenters. The average molecular weight is 342 g/mol. The Hall–Kier alpha value is -1.87. The van der Waals surface area contributed by atoms with Gasteiger partial charge in [-0.3, -0.25) is 0 Å². The van der Waals surface area contributed by atoms with Crippen molar-refractivity contribution in [2.24, 2.45) is 0 Å². The highest BCUT2D eigenvalue weighted by atomic mass is 19.1. The van der Waals surface area contributed by atoms with E-state index in [1.807, 2.05) is 12.1 Å². The van der Waals surface area contributed by atoms with Crippen LogP contribution in [0, 0.1) is 5.82 Å². The highest BCUT2D eigenvalue weighted by Crippen LogP contribution is 2.39. The lowest BCUT2D eigenvalue weighted by atomic mass is 9.81. The van der Waals surface area contributed by atoms with Crippen molar-refractivity contribution in [3.05, 3.63) is 53.3 Å². The molecule has 3 heteroatoms. The lowest BCUT2D eigenvalue weighted by Gasteiger charge is -2.24. The van der Waals surface area contributed by atoms with E-state index in [9.17, 15) is 9.50 Å². The Balaban J connectivity index is 2.06. The van der Waals surface area contributed by atoms with Gasteiger partial charge in [0.15, 0.2) is 0 Å². The van der Waals surface area contributed by atoms with Gasteiger partial charge in [0.25, 0.3) is 0 Å². The molecule has 0 aromatic heterocycles. The molecule has 1 aliphatic carbocycles. The third kappa shape index (κ3) is 4.21. The fourth-order valence-electron chi connectivity index (χ4n) is 3.90. The van der Waals surface area contributed by atoms with Crippen molar-refractivity contribution in [1.82, 2.24) is 0 Å². The number of rotatable bonds is 4. The van der Waals surface area contributed by atoms with Gasteiger partial charge in [0.2, 0.25) is 0 Å². The number of ether oxygens (including phenoxy) is 1. The fourth-order valence-corrected chi connectivity index (χ4v) is 3.90. The quantitative estimate of drug-likeness (QED) is 0.758. The molecule has 1 aliphatic rings. The van der Waals surface area contributed by atoms with Crippen LogP contribution in [0.4, 0.5) is 4.39 Å². The Morgan fingerprint density at radius 1 is 0.960 bits per heavy atom. The Morgan fingerprint density at radius 3 is 2.36 bits per heavy atom. The molecule has 0 spiro atoms. The Kier molecular flexibility index (Phi) is 6.09. The number of methoxy groups -OCH3 is 1. The molecule has 25 heavy (non-hydrogen) atoms. The van der Waals surface area contributed by atoms with Crippen molar-refractivity contribution in [3.8, 4) is 16.9 Å². The van der Waals surface area contributed by atoms with E-state index in [2.05, 4.69) is 6.07 Å². The first-order chi connectivity index (χ1) is 12.2. The van der Waals surface area contributed by atoms with Crippen molar-refractivity contribution in [2.45, 2.75) is 57.5 Å². The zero-order valence-corrected chi connectivity index (χ0v) is 14.9. The van der Waals surface area contributed by atoms with E-state index in [1.54, 1.807) is 19.2 Å². The van der Waals surface area contributed by atoms with Crippen LogP contribution in [0.25, 0.3) is 11.1 Å². The smallest absolute Gasteiger partial charge is 0.131 e. The number of hydrogen-bond acceptors (Lipinski definition) is 2. The van der Waals surface area contributed by atoms with Crippen molar-refractivity contribution in [2.75, 3.05) is 7.11 Å². The zero-order valence-electron chi connectivity index (χ0n) is 14.9. The average Bonchev–Trinajstić information content (AvgIpc) is 2.62. The second-order valence-electron chi connectivity index (χ2n) is 6.97. The standard InChI is InChI=1S/C22H27FO2/c1-25-18-10-12-22(23)21(14-18)19-11-9-16(15-24)13-20(19)17-7-5-3-2-4-6-8-17/h9-14,17,24H,2-8,15H2,1H3.